The van der Waals surface area contributed by atoms with Gasteiger partial charge in [-0.15, -0.1) is 9.35 Å². The van der Waals surface area contributed by atoms with Crippen LogP contribution in [-0.2, 0) is 28.5 Å². The lowest BCUT2D eigenvalue weighted by Crippen LogP contribution is -2.05. The van der Waals surface area contributed by atoms with Gasteiger partial charge in [-0.1, -0.05) is 6.58 Å². The Morgan fingerprint density at radius 1 is 1.31 bits per heavy atom. The Hall–Kier alpha value is -0.720. The molecule has 0 rings (SSSR count). The fourth-order valence-electron chi connectivity index (χ4n) is 0.416. The first kappa shape index (κ1) is 12.3. The van der Waals surface area contributed by atoms with Crippen molar-refractivity contribution in [1.82, 2.24) is 0 Å². The van der Waals surface area contributed by atoms with E-state index in [4.69, 9.17) is 5.11 Å². The van der Waals surface area contributed by atoms with Crippen molar-refractivity contribution in [3.8, 4) is 0 Å². The predicted molar refractivity (Wildman–Crippen MR) is 40.6 cm³/mol. The first-order chi connectivity index (χ1) is 5.98. The molecule has 1 N–H and O–H groups in total. The summed E-state index contributed by atoms with van der Waals surface area (Å²) in [4.78, 5) is 18.4. The standard InChI is InChI=1S/C5H9O7P/c1-4(5(6)7)13(8,11-9-2)12-10-3/h1H2,2-3H3,(H,6,7). The first-order valence-corrected chi connectivity index (χ1v) is 4.50. The van der Waals surface area contributed by atoms with Crippen molar-refractivity contribution < 1.29 is 33.6 Å². The summed E-state index contributed by atoms with van der Waals surface area (Å²) in [6.45, 7) is 2.99. The Labute approximate surface area is 74.2 Å². The second-order valence-corrected chi connectivity index (χ2v) is 3.56. The summed E-state index contributed by atoms with van der Waals surface area (Å²) in [6.07, 6.45) is 0. The smallest absolute Gasteiger partial charge is 0.421 e. The van der Waals surface area contributed by atoms with Crippen molar-refractivity contribution >= 4 is 13.6 Å². The summed E-state index contributed by atoms with van der Waals surface area (Å²) in [5.74, 6) is -1.53. The van der Waals surface area contributed by atoms with E-state index in [-0.39, 0.29) is 0 Å². The number of carboxylic acid groups (broad SMARTS) is 1. The lowest BCUT2D eigenvalue weighted by atomic mass is 10.7. The maximum absolute atomic E-state index is 11.4. The number of carboxylic acids is 1. The second-order valence-electron chi connectivity index (χ2n) is 1.73. The minimum atomic E-state index is -4.10. The van der Waals surface area contributed by atoms with Gasteiger partial charge >= 0.3 is 13.6 Å². The highest BCUT2D eigenvalue weighted by molar-refractivity contribution is 7.59. The van der Waals surface area contributed by atoms with Crippen LogP contribution in [-0.4, -0.2) is 25.3 Å². The molecule has 0 heterocycles. The fraction of sp³-hybridized carbons (Fsp3) is 0.400. The van der Waals surface area contributed by atoms with Gasteiger partial charge in [0.15, 0.2) is 0 Å². The molecule has 0 aliphatic carbocycles. The molecule has 0 aliphatic heterocycles. The zero-order valence-electron chi connectivity index (χ0n) is 7.05. The normalized spacial score (nSPS) is 11.2. The van der Waals surface area contributed by atoms with E-state index in [1.54, 1.807) is 0 Å². The zero-order valence-corrected chi connectivity index (χ0v) is 7.95. The third-order valence-electron chi connectivity index (χ3n) is 0.923. The van der Waals surface area contributed by atoms with Gasteiger partial charge in [0.1, 0.15) is 5.31 Å². The van der Waals surface area contributed by atoms with Crippen molar-refractivity contribution in [2.24, 2.45) is 0 Å². The van der Waals surface area contributed by atoms with Gasteiger partial charge in [0.25, 0.3) is 0 Å². The van der Waals surface area contributed by atoms with Crippen LogP contribution in [0.1, 0.15) is 0 Å². The number of rotatable bonds is 6. The van der Waals surface area contributed by atoms with Gasteiger partial charge < -0.3 is 5.11 Å². The van der Waals surface area contributed by atoms with Crippen LogP contribution in [0.4, 0.5) is 0 Å². The Morgan fingerprint density at radius 3 is 1.92 bits per heavy atom. The van der Waals surface area contributed by atoms with E-state index in [9.17, 15) is 9.36 Å². The highest BCUT2D eigenvalue weighted by Gasteiger charge is 2.36. The van der Waals surface area contributed by atoms with Gasteiger partial charge in [-0.3, -0.25) is 0 Å². The maximum Gasteiger partial charge on any atom is 0.421 e. The van der Waals surface area contributed by atoms with Gasteiger partial charge in [0, 0.05) is 0 Å². The lowest BCUT2D eigenvalue weighted by molar-refractivity contribution is -0.240. The third kappa shape index (κ3) is 3.25. The molecule has 13 heavy (non-hydrogen) atoms. The third-order valence-corrected chi connectivity index (χ3v) is 2.47. The van der Waals surface area contributed by atoms with E-state index in [1.807, 2.05) is 0 Å². The van der Waals surface area contributed by atoms with Crippen LogP contribution in [0.25, 0.3) is 0 Å². The van der Waals surface area contributed by atoms with Crippen molar-refractivity contribution in [1.29, 1.82) is 0 Å². The van der Waals surface area contributed by atoms with E-state index in [0.717, 1.165) is 14.2 Å². The lowest BCUT2D eigenvalue weighted by Gasteiger charge is -2.12. The van der Waals surface area contributed by atoms with Crippen LogP contribution in [0.15, 0.2) is 11.9 Å². The van der Waals surface area contributed by atoms with E-state index in [2.05, 4.69) is 25.7 Å². The van der Waals surface area contributed by atoms with Crippen molar-refractivity contribution in [2.45, 2.75) is 0 Å². The summed E-state index contributed by atoms with van der Waals surface area (Å²) < 4.78 is 19.6. The molecule has 0 atom stereocenters. The highest BCUT2D eigenvalue weighted by atomic mass is 31.2. The van der Waals surface area contributed by atoms with Crippen molar-refractivity contribution in [3.05, 3.63) is 11.9 Å². The van der Waals surface area contributed by atoms with Gasteiger partial charge in [0.2, 0.25) is 0 Å². The van der Waals surface area contributed by atoms with Crippen LogP contribution in [0.3, 0.4) is 0 Å². The SMILES string of the molecule is C=C(C(=O)O)P(=O)(OOC)OOC. The summed E-state index contributed by atoms with van der Waals surface area (Å²) in [5.41, 5.74) is 0. The molecule has 0 spiro atoms. The van der Waals surface area contributed by atoms with Crippen LogP contribution >= 0.6 is 7.60 Å². The van der Waals surface area contributed by atoms with Crippen LogP contribution in [0.5, 0.6) is 0 Å². The van der Waals surface area contributed by atoms with Crippen LogP contribution in [0.2, 0.25) is 0 Å². The molecule has 0 radical (unpaired) electrons. The largest absolute Gasteiger partial charge is 0.477 e. The molecule has 0 fully saturated rings. The van der Waals surface area contributed by atoms with Crippen molar-refractivity contribution in [3.63, 3.8) is 0 Å². The van der Waals surface area contributed by atoms with E-state index < -0.39 is 18.9 Å². The Kier molecular flexibility index (Phi) is 4.82. The first-order valence-electron chi connectivity index (χ1n) is 2.95. The molecule has 0 aromatic carbocycles. The zero-order chi connectivity index (χ0) is 10.5. The molecule has 0 aliphatic rings. The van der Waals surface area contributed by atoms with Crippen LogP contribution in [0, 0.1) is 0 Å². The molecular formula is C5H9O7P. The fourth-order valence-corrected chi connectivity index (χ4v) is 1.25. The predicted octanol–water partition coefficient (Wildman–Crippen LogP) is 0.934. The topological polar surface area (TPSA) is 91.3 Å². The Balaban J connectivity index is 4.68. The number of carbonyl (C=O) groups is 1. The van der Waals surface area contributed by atoms with Gasteiger partial charge in [0.05, 0.1) is 14.2 Å². The second kappa shape index (κ2) is 5.11. The van der Waals surface area contributed by atoms with Crippen molar-refractivity contribution in [2.75, 3.05) is 14.2 Å². The molecule has 76 valence electrons. The molecular weight excluding hydrogens is 203 g/mol. The number of hydrogen-bond acceptors (Lipinski definition) is 6. The summed E-state index contributed by atoms with van der Waals surface area (Å²) in [7, 11) is -2.02. The molecule has 0 aromatic heterocycles. The van der Waals surface area contributed by atoms with Gasteiger partial charge in [-0.05, 0) is 0 Å². The molecule has 0 bridgehead atoms. The summed E-state index contributed by atoms with van der Waals surface area (Å²) >= 11 is 0. The molecule has 0 saturated heterocycles. The number of hydrogen-bond donors (Lipinski definition) is 1. The summed E-state index contributed by atoms with van der Waals surface area (Å²) in [6, 6.07) is 0. The van der Waals surface area contributed by atoms with Gasteiger partial charge in [-0.25, -0.2) is 19.1 Å². The quantitative estimate of drug-likeness (QED) is 0.303. The molecule has 8 heteroatoms. The number of aliphatic carboxylic acids is 1. The molecule has 0 amide bonds. The van der Waals surface area contributed by atoms with E-state index in [0.29, 0.717) is 0 Å². The average Bonchev–Trinajstić information content (AvgIpc) is 2.03. The minimum absolute atomic E-state index is 0.781. The van der Waals surface area contributed by atoms with Gasteiger partial charge in [-0.2, -0.15) is 0 Å². The Morgan fingerprint density at radius 2 is 1.69 bits per heavy atom. The average molecular weight is 212 g/mol. The maximum atomic E-state index is 11.4. The Bertz CT molecular complexity index is 237. The molecule has 0 aromatic rings. The highest BCUT2D eigenvalue weighted by Crippen LogP contribution is 2.55. The molecule has 0 saturated carbocycles. The molecule has 7 nitrogen and oxygen atoms in total. The van der Waals surface area contributed by atoms with E-state index >= 15 is 0 Å². The van der Waals surface area contributed by atoms with Crippen LogP contribution < -0.4 is 0 Å². The summed E-state index contributed by atoms with van der Waals surface area (Å²) in [5, 5.41) is 7.65. The monoisotopic (exact) mass is 212 g/mol. The minimum Gasteiger partial charge on any atom is -0.477 e. The molecule has 0 unspecified atom stereocenters. The van der Waals surface area contributed by atoms with E-state index in [1.165, 1.54) is 0 Å².